The normalized spacial score (nSPS) is 16.5. The Morgan fingerprint density at radius 1 is 0.855 bits per heavy atom. The van der Waals surface area contributed by atoms with E-state index in [-0.39, 0.29) is 131 Å². The number of likely N-dealkylation sites (tertiary alicyclic amines) is 1. The number of piperidine rings is 1. The third-order valence-corrected chi connectivity index (χ3v) is 11.9. The number of hydrogen-bond acceptors (Lipinski definition) is 17. The van der Waals surface area contributed by atoms with Crippen LogP contribution in [-0.2, 0) is 65.4 Å². The van der Waals surface area contributed by atoms with Gasteiger partial charge in [0.05, 0.1) is 45.7 Å². The maximum Gasteiger partial charge on any atom is 0.322 e. The number of nitrogens with two attached hydrogens (primary N) is 1. The number of ketones is 3. The molecule has 3 aromatic heterocycles. The number of nitrogens with zero attached hydrogens (tertiary/aromatic N) is 6. The van der Waals surface area contributed by atoms with Gasteiger partial charge in [-0.15, -0.1) is 0 Å². The van der Waals surface area contributed by atoms with Crippen molar-refractivity contribution in [3.63, 3.8) is 0 Å². The van der Waals surface area contributed by atoms with Gasteiger partial charge in [-0.2, -0.15) is 5.10 Å². The fourth-order valence-electron chi connectivity index (χ4n) is 7.83. The number of anilines is 1. The molecular formula is C47H58BrN9O12. The highest BCUT2D eigenvalue weighted by molar-refractivity contribution is 9.10. The molecule has 69 heavy (non-hydrogen) atoms. The van der Waals surface area contributed by atoms with E-state index in [2.05, 4.69) is 51.4 Å². The number of aryl methyl sites for hydroxylation is 1. The third-order valence-electron chi connectivity index (χ3n) is 11.5. The van der Waals surface area contributed by atoms with Crippen molar-refractivity contribution < 1.29 is 57.2 Å². The van der Waals surface area contributed by atoms with Gasteiger partial charge < -0.3 is 45.0 Å². The first-order chi connectivity index (χ1) is 33.3. The van der Waals surface area contributed by atoms with E-state index in [9.17, 15) is 33.6 Å². The average Bonchev–Trinajstić information content (AvgIpc) is 3.85. The number of aromatic nitrogens is 5. The number of esters is 1. The first kappa shape index (κ1) is 52.5. The summed E-state index contributed by atoms with van der Waals surface area (Å²) in [6.45, 7) is 2.84. The highest BCUT2D eigenvalue weighted by atomic mass is 79.9. The predicted octanol–water partition coefficient (Wildman–Crippen LogP) is 2.80. The minimum Gasteiger partial charge on any atom is -0.468 e. The van der Waals surface area contributed by atoms with Crippen molar-refractivity contribution in [2.75, 3.05) is 71.8 Å². The molecule has 4 atom stereocenters. The van der Waals surface area contributed by atoms with Crippen LogP contribution >= 0.6 is 15.9 Å². The Labute approximate surface area is 407 Å². The van der Waals surface area contributed by atoms with Crippen LogP contribution in [0.25, 0.3) is 22.0 Å². The summed E-state index contributed by atoms with van der Waals surface area (Å²) >= 11 is 3.32. The summed E-state index contributed by atoms with van der Waals surface area (Å²) in [5.74, 6) is -0.658. The number of carbonyl (C=O) groups is 7. The molecule has 3 amide bonds. The second-order valence-corrected chi connectivity index (χ2v) is 17.5. The summed E-state index contributed by atoms with van der Waals surface area (Å²) < 4.78 is 28.3. The van der Waals surface area contributed by atoms with Crippen LogP contribution in [0.15, 0.2) is 53.4 Å². The van der Waals surface area contributed by atoms with Crippen molar-refractivity contribution in [2.24, 2.45) is 11.7 Å². The van der Waals surface area contributed by atoms with Crippen molar-refractivity contribution in [3.8, 4) is 11.1 Å². The minimum atomic E-state index is -0.805. The van der Waals surface area contributed by atoms with Crippen LogP contribution in [0.4, 0.5) is 5.82 Å². The first-order valence-electron chi connectivity index (χ1n) is 22.8. The molecule has 0 bridgehead atoms. The molecule has 21 nitrogen and oxygen atoms in total. The van der Waals surface area contributed by atoms with Gasteiger partial charge in [0.1, 0.15) is 59.6 Å². The van der Waals surface area contributed by atoms with Crippen LogP contribution in [0.3, 0.4) is 0 Å². The lowest BCUT2D eigenvalue weighted by Crippen LogP contribution is -2.46. The van der Waals surface area contributed by atoms with Gasteiger partial charge in [0, 0.05) is 75.1 Å². The molecule has 4 N–H and O–H groups in total. The average molecular weight is 1020 g/mol. The van der Waals surface area contributed by atoms with Crippen LogP contribution in [0.1, 0.15) is 68.2 Å². The maximum absolute atomic E-state index is 13.8. The van der Waals surface area contributed by atoms with Crippen LogP contribution < -0.4 is 16.4 Å². The molecular weight excluding hydrogens is 962 g/mol. The Kier molecular flexibility index (Phi) is 19.9. The van der Waals surface area contributed by atoms with Gasteiger partial charge in [0.25, 0.3) is 0 Å². The second kappa shape index (κ2) is 26.2. The summed E-state index contributed by atoms with van der Waals surface area (Å²) in [5, 5.41) is 10.6. The summed E-state index contributed by atoms with van der Waals surface area (Å²) in [6, 6.07) is 9.21. The van der Waals surface area contributed by atoms with Gasteiger partial charge in [-0.1, -0.05) is 12.1 Å². The van der Waals surface area contributed by atoms with Crippen molar-refractivity contribution in [1.29, 1.82) is 0 Å². The molecule has 1 aromatic carbocycles. The quantitative estimate of drug-likeness (QED) is 0.0293. The largest absolute Gasteiger partial charge is 0.468 e. The predicted molar refractivity (Wildman–Crippen MR) is 252 cm³/mol. The number of hydrogen-bond donors (Lipinski definition) is 3. The molecule has 22 heteroatoms. The van der Waals surface area contributed by atoms with Crippen LogP contribution in [0.2, 0.25) is 0 Å². The zero-order chi connectivity index (χ0) is 49.3. The first-order valence-corrected chi connectivity index (χ1v) is 23.6. The third kappa shape index (κ3) is 15.8. The number of carbonyl (C=O) groups excluding carboxylic acids is 7. The zero-order valence-corrected chi connectivity index (χ0v) is 40.3. The molecule has 2 fully saturated rings. The van der Waals surface area contributed by atoms with E-state index in [1.165, 1.54) is 18.7 Å². The van der Waals surface area contributed by atoms with E-state index in [0.29, 0.717) is 65.0 Å². The van der Waals surface area contributed by atoms with Gasteiger partial charge >= 0.3 is 5.97 Å². The topological polar surface area (TPSA) is 275 Å². The summed E-state index contributed by atoms with van der Waals surface area (Å²) in [5.41, 5.74) is 7.86. The monoisotopic (exact) mass is 1020 g/mol. The van der Waals surface area contributed by atoms with Crippen LogP contribution in [0.5, 0.6) is 0 Å². The van der Waals surface area contributed by atoms with Crippen molar-refractivity contribution in [2.45, 2.75) is 83.0 Å². The molecule has 4 heterocycles. The Hall–Kier alpha value is -5.91. The molecule has 6 rings (SSSR count). The van der Waals surface area contributed by atoms with E-state index in [1.807, 2.05) is 12.1 Å². The van der Waals surface area contributed by atoms with Gasteiger partial charge in [0.15, 0.2) is 11.6 Å². The molecule has 2 aliphatic rings. The zero-order valence-electron chi connectivity index (χ0n) is 38.7. The SMILES string of the molecule is COC(=O)[C@@H](N)CCC(=O)CCCOCCOCC(=O)NCCOCCOCC(=O)CCc1ncc(-c2ccc3c(c2)c(C(C)=O)nn3CC(=O)N2[C@@H]3C[C@@H]3C[C@H]2C(=O)Nc2cccc(Br)n2)cn1. The maximum atomic E-state index is 13.8. The molecule has 0 spiro atoms. The van der Waals surface area contributed by atoms with Gasteiger partial charge in [0.2, 0.25) is 17.7 Å². The molecule has 4 aromatic rings. The Bertz CT molecular complexity index is 2450. The Morgan fingerprint density at radius 2 is 1.59 bits per heavy atom. The summed E-state index contributed by atoms with van der Waals surface area (Å²) in [6.07, 6.45) is 6.48. The number of Topliss-reactive ketones (excluding diaryl/α,β-unsaturated/α-hetero) is 3. The lowest BCUT2D eigenvalue weighted by molar-refractivity contribution is -0.142. The van der Waals surface area contributed by atoms with Crippen LogP contribution in [0, 0.1) is 5.92 Å². The number of rotatable bonds is 30. The summed E-state index contributed by atoms with van der Waals surface area (Å²) in [7, 11) is 1.25. The molecule has 1 aliphatic carbocycles. The van der Waals surface area contributed by atoms with Crippen LogP contribution in [-0.4, -0.2) is 155 Å². The molecule has 1 saturated heterocycles. The minimum absolute atomic E-state index is 0.00751. The fraction of sp³-hybridized carbons (Fsp3) is 0.511. The Morgan fingerprint density at radius 3 is 2.33 bits per heavy atom. The summed E-state index contributed by atoms with van der Waals surface area (Å²) in [4.78, 5) is 102. The number of nitrogens with one attached hydrogen (secondary N) is 2. The number of benzene rings is 1. The van der Waals surface area contributed by atoms with E-state index < -0.39 is 18.1 Å². The van der Waals surface area contributed by atoms with Gasteiger partial charge in [-0.25, -0.2) is 15.0 Å². The number of amides is 3. The second-order valence-electron chi connectivity index (χ2n) is 16.7. The lowest BCUT2D eigenvalue weighted by atomic mass is 10.0. The molecule has 370 valence electrons. The number of pyridine rings is 1. The fourth-order valence-corrected chi connectivity index (χ4v) is 8.17. The van der Waals surface area contributed by atoms with Crippen molar-refractivity contribution >= 4 is 73.7 Å². The number of ether oxygens (including phenoxy) is 5. The molecule has 1 aliphatic heterocycles. The molecule has 0 unspecified atom stereocenters. The molecule has 1 saturated carbocycles. The number of methoxy groups -OCH3 is 1. The van der Waals surface area contributed by atoms with Crippen molar-refractivity contribution in [3.05, 3.63) is 64.9 Å². The van der Waals surface area contributed by atoms with Crippen molar-refractivity contribution in [1.82, 2.24) is 34.9 Å². The van der Waals surface area contributed by atoms with E-state index in [1.54, 1.807) is 41.6 Å². The van der Waals surface area contributed by atoms with E-state index in [4.69, 9.17) is 24.7 Å². The number of halogens is 1. The van der Waals surface area contributed by atoms with Gasteiger partial charge in [-0.05, 0) is 77.4 Å². The number of fused-ring (bicyclic) bond motifs is 2. The standard InChI is InChI=1S/C47H58BrN9O12/c1-29(58)45-35-21-30(8-12-37(35)56(55-45)26-44(62)57-38-22-31(38)23-39(57)46(63)54-42-7-3-6-40(48)53-42)32-24-51-41(52-25-32)13-10-34(60)27-68-19-18-67-16-14-50-43(61)28-69-20-17-66-15-4-5-33(59)9-11-36(49)47(64)65-2/h3,6-8,12,21,24-25,31,36,38-39H,4-5,9-11,13-20,22-23,26-28,49H2,1-2H3,(H,50,61)(H,53,54,63)/t31-,36+,38-,39+/m1/s1. The van der Waals surface area contributed by atoms with E-state index in [0.717, 1.165) is 12.0 Å². The highest BCUT2D eigenvalue weighted by Crippen LogP contribution is 2.48. The Balaban J connectivity index is 0.830. The highest BCUT2D eigenvalue weighted by Gasteiger charge is 2.56. The lowest BCUT2D eigenvalue weighted by Gasteiger charge is -2.26. The van der Waals surface area contributed by atoms with E-state index >= 15 is 0 Å². The van der Waals surface area contributed by atoms with Gasteiger partial charge in [-0.3, -0.25) is 38.2 Å². The molecule has 0 radical (unpaired) electrons. The smallest absolute Gasteiger partial charge is 0.322 e.